The molecule has 78 heavy (non-hydrogen) atoms. The van der Waals surface area contributed by atoms with Gasteiger partial charge in [-0.3, -0.25) is 23.4 Å². The van der Waals surface area contributed by atoms with Gasteiger partial charge in [-0.2, -0.15) is 0 Å². The first kappa shape index (κ1) is 73.6. The highest BCUT2D eigenvalue weighted by molar-refractivity contribution is 7.47. The van der Waals surface area contributed by atoms with Gasteiger partial charge in [-0.05, 0) is 116 Å². The molecule has 0 radical (unpaired) electrons. The molecule has 0 aromatic rings. The van der Waals surface area contributed by atoms with Gasteiger partial charge in [0.05, 0.1) is 26.2 Å². The zero-order valence-electron chi connectivity index (χ0n) is 48.8. The van der Waals surface area contributed by atoms with Crippen molar-refractivity contribution in [3.05, 3.63) is 134 Å². The molecule has 0 saturated carbocycles. The molecule has 0 spiro atoms. The van der Waals surface area contributed by atoms with Crippen LogP contribution in [0.3, 0.4) is 0 Å². The molecule has 12 heteroatoms. The van der Waals surface area contributed by atoms with Crippen molar-refractivity contribution < 1.29 is 52.2 Å². The van der Waals surface area contributed by atoms with E-state index in [2.05, 4.69) is 130 Å². The SMILES string of the molecule is CC/C=C\C/C=C\C/C=C\C/C=C\C/C=C\CC(=O)OC(CO)COP(=O)(O)OCC(COC(=O)CCCCCCCC/C=C\C/C=C\C/C=C\C/C=C\CC)OC(=O)CCCCCCCCC/C=C\C/C=C\CCCCC. The van der Waals surface area contributed by atoms with Crippen LogP contribution >= 0.6 is 7.82 Å². The number of hydrogen-bond acceptors (Lipinski definition) is 10. The van der Waals surface area contributed by atoms with Gasteiger partial charge in [0.15, 0.2) is 6.10 Å². The van der Waals surface area contributed by atoms with Crippen molar-refractivity contribution in [2.45, 2.75) is 238 Å². The van der Waals surface area contributed by atoms with Gasteiger partial charge in [-0.25, -0.2) is 4.57 Å². The predicted molar refractivity (Wildman–Crippen MR) is 325 cm³/mol. The van der Waals surface area contributed by atoms with Crippen molar-refractivity contribution in [3.8, 4) is 0 Å². The van der Waals surface area contributed by atoms with Gasteiger partial charge in [-0.15, -0.1) is 0 Å². The molecule has 0 saturated heterocycles. The first-order valence-corrected chi connectivity index (χ1v) is 31.6. The van der Waals surface area contributed by atoms with Crippen molar-refractivity contribution in [2.75, 3.05) is 26.4 Å². The van der Waals surface area contributed by atoms with E-state index in [0.717, 1.165) is 128 Å². The number of phosphoric ester groups is 1. The maximum absolute atomic E-state index is 12.9. The van der Waals surface area contributed by atoms with Gasteiger partial charge in [0.2, 0.25) is 0 Å². The average Bonchev–Trinajstić information content (AvgIpc) is 3.43. The monoisotopic (exact) mass is 1110 g/mol. The molecule has 3 unspecified atom stereocenters. The van der Waals surface area contributed by atoms with E-state index in [1.54, 1.807) is 6.08 Å². The number of carbonyl (C=O) groups is 3. The number of allylic oxidation sites excluding steroid dienone is 21. The Morgan fingerprint density at radius 1 is 0.385 bits per heavy atom. The second kappa shape index (κ2) is 58.8. The third-order valence-corrected chi connectivity index (χ3v) is 13.0. The van der Waals surface area contributed by atoms with Crippen LogP contribution in [0.5, 0.6) is 0 Å². The fraction of sp³-hybridized carbons (Fsp3) is 0.621. The Hall–Kier alpha value is -4.38. The van der Waals surface area contributed by atoms with Crippen LogP contribution in [-0.4, -0.2) is 66.5 Å². The van der Waals surface area contributed by atoms with Crippen LogP contribution in [0.15, 0.2) is 134 Å². The molecule has 442 valence electrons. The molecule has 0 bridgehead atoms. The number of esters is 3. The lowest BCUT2D eigenvalue weighted by Gasteiger charge is -2.21. The summed E-state index contributed by atoms with van der Waals surface area (Å²) < 4.78 is 39.5. The van der Waals surface area contributed by atoms with Crippen molar-refractivity contribution in [2.24, 2.45) is 0 Å². The Morgan fingerprint density at radius 2 is 0.718 bits per heavy atom. The number of aliphatic hydroxyl groups is 1. The first-order chi connectivity index (χ1) is 38.2. The summed E-state index contributed by atoms with van der Waals surface area (Å²) in [4.78, 5) is 48.6. The van der Waals surface area contributed by atoms with Crippen molar-refractivity contribution >= 4 is 25.7 Å². The molecule has 0 heterocycles. The number of hydrogen-bond donors (Lipinski definition) is 2. The quantitative estimate of drug-likeness (QED) is 0.0197. The van der Waals surface area contributed by atoms with Crippen LogP contribution in [-0.2, 0) is 42.2 Å². The van der Waals surface area contributed by atoms with E-state index in [0.29, 0.717) is 19.3 Å². The average molecular weight is 1110 g/mol. The number of carbonyl (C=O) groups excluding carboxylic acids is 3. The first-order valence-electron chi connectivity index (χ1n) is 30.1. The Kier molecular flexibility index (Phi) is 55.5. The Labute approximate surface area is 474 Å². The summed E-state index contributed by atoms with van der Waals surface area (Å²) in [5.74, 6) is -1.64. The highest BCUT2D eigenvalue weighted by Gasteiger charge is 2.28. The van der Waals surface area contributed by atoms with Crippen molar-refractivity contribution in [1.29, 1.82) is 0 Å². The highest BCUT2D eigenvalue weighted by Crippen LogP contribution is 2.43. The normalized spacial score (nSPS) is 14.3. The Balaban J connectivity index is 4.85. The zero-order valence-corrected chi connectivity index (χ0v) is 49.7. The van der Waals surface area contributed by atoms with Crippen LogP contribution in [0, 0.1) is 0 Å². The molecule has 2 N–H and O–H groups in total. The zero-order chi connectivity index (χ0) is 56.9. The van der Waals surface area contributed by atoms with Crippen LogP contribution in [0.25, 0.3) is 0 Å². The van der Waals surface area contributed by atoms with Gasteiger partial charge >= 0.3 is 25.7 Å². The molecule has 0 fully saturated rings. The van der Waals surface area contributed by atoms with Crippen LogP contribution in [0.1, 0.15) is 226 Å². The van der Waals surface area contributed by atoms with Gasteiger partial charge < -0.3 is 24.2 Å². The van der Waals surface area contributed by atoms with Crippen LogP contribution in [0.4, 0.5) is 0 Å². The number of rotatable bonds is 54. The maximum Gasteiger partial charge on any atom is 0.472 e. The van der Waals surface area contributed by atoms with Crippen molar-refractivity contribution in [3.63, 3.8) is 0 Å². The molecule has 0 aliphatic heterocycles. The molecule has 0 rings (SSSR count). The Bertz CT molecular complexity index is 1820. The second-order valence-corrected chi connectivity index (χ2v) is 20.9. The lowest BCUT2D eigenvalue weighted by atomic mass is 10.1. The standard InChI is InChI=1S/C66H107O11P/c1-4-7-10-13-16-19-22-25-28-30-31-33-35-37-40-43-46-49-52-55-64(68)73-59-63(77-66(70)57-54-51-48-45-42-39-36-32-29-26-23-20-17-14-11-8-5-2)61-75-78(71,72)74-60-62(58-67)76-65(69)56-53-50-47-44-41-38-34-27-24-21-18-15-12-9-6-3/h7,9-10,12,16-21,25-29,31,33-34,41,44,50,53,62-63,67H,4-6,8,11,13-15,22-24,30,32,35-40,42-43,45-49,51-52,54-61H2,1-3H3,(H,71,72)/b10-7-,12-9-,19-16-,20-17-,21-18-,28-25-,29-26-,33-31-,34-27-,44-41-,53-50-. The summed E-state index contributed by atoms with van der Waals surface area (Å²) in [5.41, 5.74) is 0. The molecule has 3 atom stereocenters. The summed E-state index contributed by atoms with van der Waals surface area (Å²) >= 11 is 0. The van der Waals surface area contributed by atoms with Crippen LogP contribution in [0.2, 0.25) is 0 Å². The van der Waals surface area contributed by atoms with E-state index in [9.17, 15) is 28.9 Å². The minimum absolute atomic E-state index is 0.0627. The molecular weight excluding hydrogens is 1000 g/mol. The lowest BCUT2D eigenvalue weighted by Crippen LogP contribution is -2.30. The number of unbranched alkanes of at least 4 members (excludes halogenated alkanes) is 16. The summed E-state index contributed by atoms with van der Waals surface area (Å²) in [6.45, 7) is 4.25. The third-order valence-electron chi connectivity index (χ3n) is 12.1. The second-order valence-electron chi connectivity index (χ2n) is 19.4. The minimum Gasteiger partial charge on any atom is -0.462 e. The molecule has 0 aliphatic rings. The van der Waals surface area contributed by atoms with E-state index in [1.165, 1.54) is 38.5 Å². The molecule has 11 nitrogen and oxygen atoms in total. The topological polar surface area (TPSA) is 155 Å². The lowest BCUT2D eigenvalue weighted by molar-refractivity contribution is -0.161. The summed E-state index contributed by atoms with van der Waals surface area (Å²) in [7, 11) is -4.79. The molecule has 0 aliphatic carbocycles. The molecular formula is C66H107O11P. The highest BCUT2D eigenvalue weighted by atomic mass is 31.2. The minimum atomic E-state index is -4.79. The van der Waals surface area contributed by atoms with Gasteiger partial charge in [0.25, 0.3) is 0 Å². The van der Waals surface area contributed by atoms with Gasteiger partial charge in [-0.1, -0.05) is 225 Å². The number of ether oxygens (including phenoxy) is 3. The van der Waals surface area contributed by atoms with E-state index < -0.39 is 57.8 Å². The molecule has 0 aromatic carbocycles. The van der Waals surface area contributed by atoms with E-state index >= 15 is 0 Å². The fourth-order valence-electron chi connectivity index (χ4n) is 7.57. The number of aliphatic hydroxyl groups excluding tert-OH is 1. The molecule has 0 amide bonds. The summed E-state index contributed by atoms with van der Waals surface area (Å²) in [6, 6.07) is 0. The summed E-state index contributed by atoms with van der Waals surface area (Å²) in [5, 5.41) is 9.81. The third kappa shape index (κ3) is 56.3. The van der Waals surface area contributed by atoms with E-state index in [4.69, 9.17) is 23.3 Å². The molecule has 0 aromatic heterocycles. The van der Waals surface area contributed by atoms with Crippen molar-refractivity contribution in [1.82, 2.24) is 0 Å². The Morgan fingerprint density at radius 3 is 1.13 bits per heavy atom. The summed E-state index contributed by atoms with van der Waals surface area (Å²) in [6.07, 6.45) is 74.3. The van der Waals surface area contributed by atoms with Crippen LogP contribution < -0.4 is 0 Å². The largest absolute Gasteiger partial charge is 0.472 e. The fourth-order valence-corrected chi connectivity index (χ4v) is 8.35. The predicted octanol–water partition coefficient (Wildman–Crippen LogP) is 18.1. The number of phosphoric acid groups is 1. The maximum atomic E-state index is 12.9. The van der Waals surface area contributed by atoms with Gasteiger partial charge in [0, 0.05) is 12.8 Å². The smallest absolute Gasteiger partial charge is 0.462 e. The van der Waals surface area contributed by atoms with Gasteiger partial charge in [0.1, 0.15) is 12.7 Å². The van der Waals surface area contributed by atoms with E-state index in [-0.39, 0.29) is 25.9 Å². The van der Waals surface area contributed by atoms with E-state index in [1.807, 2.05) is 18.2 Å².